The third-order valence-corrected chi connectivity index (χ3v) is 3.41. The number of rotatable bonds is 8. The van der Waals surface area contributed by atoms with Gasteiger partial charge < -0.3 is 5.32 Å². The number of carbonyl (C=O) groups is 1. The van der Waals surface area contributed by atoms with Crippen LogP contribution in [0.2, 0.25) is 0 Å². The lowest BCUT2D eigenvalue weighted by Gasteiger charge is -2.13. The van der Waals surface area contributed by atoms with E-state index in [1.54, 1.807) is 12.4 Å². The summed E-state index contributed by atoms with van der Waals surface area (Å²) in [5, 5.41) is 14.5. The molecule has 2 heterocycles. The number of tetrazole rings is 1. The van der Waals surface area contributed by atoms with Crippen molar-refractivity contribution < 1.29 is 4.79 Å². The molecule has 0 aromatic carbocycles. The summed E-state index contributed by atoms with van der Waals surface area (Å²) >= 11 is 0. The summed E-state index contributed by atoms with van der Waals surface area (Å²) in [4.78, 5) is 16.1. The van der Waals surface area contributed by atoms with Crippen LogP contribution in [-0.2, 0) is 11.3 Å². The molecule has 1 N–H and O–H groups in total. The van der Waals surface area contributed by atoms with Crippen molar-refractivity contribution >= 4 is 5.91 Å². The molecule has 7 heteroatoms. The normalized spacial score (nSPS) is 12.1. The Labute approximate surface area is 130 Å². The SMILES string of the molecule is CCCCC[C@H](C)NC(=O)Cn1nnnc1-c1ccncc1. The molecule has 0 radical (unpaired) electrons. The second-order valence-corrected chi connectivity index (χ2v) is 5.36. The molecule has 0 aliphatic carbocycles. The van der Waals surface area contributed by atoms with Crippen LogP contribution >= 0.6 is 0 Å². The van der Waals surface area contributed by atoms with Gasteiger partial charge in [-0.3, -0.25) is 9.78 Å². The Balaban J connectivity index is 1.91. The van der Waals surface area contributed by atoms with Gasteiger partial charge in [0, 0.05) is 24.0 Å². The summed E-state index contributed by atoms with van der Waals surface area (Å²) in [5.41, 5.74) is 0.837. The molecule has 7 nitrogen and oxygen atoms in total. The highest BCUT2D eigenvalue weighted by Crippen LogP contribution is 2.13. The largest absolute Gasteiger partial charge is 0.352 e. The average Bonchev–Trinajstić information content (AvgIpc) is 2.96. The van der Waals surface area contributed by atoms with Crippen molar-refractivity contribution in [2.45, 2.75) is 52.1 Å². The fraction of sp³-hybridized carbons (Fsp3) is 0.533. The number of unbranched alkanes of at least 4 members (excludes halogenated alkanes) is 2. The maximum atomic E-state index is 12.1. The van der Waals surface area contributed by atoms with Gasteiger partial charge in [-0.1, -0.05) is 26.2 Å². The molecule has 0 saturated heterocycles. The van der Waals surface area contributed by atoms with Gasteiger partial charge in [0.15, 0.2) is 5.82 Å². The number of aromatic nitrogens is 5. The molecule has 118 valence electrons. The molecule has 0 fully saturated rings. The topological polar surface area (TPSA) is 85.6 Å². The highest BCUT2D eigenvalue weighted by atomic mass is 16.2. The third-order valence-electron chi connectivity index (χ3n) is 3.41. The van der Waals surface area contributed by atoms with Gasteiger partial charge in [0.25, 0.3) is 0 Å². The summed E-state index contributed by atoms with van der Waals surface area (Å²) in [7, 11) is 0. The Bertz CT molecular complexity index is 583. The van der Waals surface area contributed by atoms with Gasteiger partial charge in [0.1, 0.15) is 6.54 Å². The zero-order chi connectivity index (χ0) is 15.8. The second-order valence-electron chi connectivity index (χ2n) is 5.36. The smallest absolute Gasteiger partial charge is 0.242 e. The van der Waals surface area contributed by atoms with Crippen molar-refractivity contribution in [3.8, 4) is 11.4 Å². The van der Waals surface area contributed by atoms with Gasteiger partial charge >= 0.3 is 0 Å². The van der Waals surface area contributed by atoms with E-state index in [0.717, 1.165) is 18.4 Å². The number of nitrogens with one attached hydrogen (secondary N) is 1. The van der Waals surface area contributed by atoms with E-state index in [1.807, 2.05) is 19.1 Å². The fourth-order valence-electron chi connectivity index (χ4n) is 2.25. The predicted octanol–water partition coefficient (Wildman–Crippen LogP) is 1.82. The van der Waals surface area contributed by atoms with Crippen LogP contribution < -0.4 is 5.32 Å². The molecule has 22 heavy (non-hydrogen) atoms. The second kappa shape index (κ2) is 8.21. The lowest BCUT2D eigenvalue weighted by atomic mass is 10.1. The zero-order valence-corrected chi connectivity index (χ0v) is 13.1. The minimum absolute atomic E-state index is 0.0772. The number of pyridine rings is 1. The van der Waals surface area contributed by atoms with Crippen LogP contribution in [0.15, 0.2) is 24.5 Å². The van der Waals surface area contributed by atoms with E-state index >= 15 is 0 Å². The van der Waals surface area contributed by atoms with Crippen molar-refractivity contribution in [1.29, 1.82) is 0 Å². The van der Waals surface area contributed by atoms with Crippen LogP contribution in [0.3, 0.4) is 0 Å². The van der Waals surface area contributed by atoms with E-state index in [9.17, 15) is 4.79 Å². The van der Waals surface area contributed by atoms with Crippen molar-refractivity contribution in [2.24, 2.45) is 0 Å². The highest BCUT2D eigenvalue weighted by molar-refractivity contribution is 5.76. The van der Waals surface area contributed by atoms with Crippen LogP contribution in [-0.4, -0.2) is 37.1 Å². The number of hydrogen-bond donors (Lipinski definition) is 1. The summed E-state index contributed by atoms with van der Waals surface area (Å²) in [6.45, 7) is 4.31. The fourth-order valence-corrected chi connectivity index (χ4v) is 2.25. The molecule has 0 aliphatic rings. The third kappa shape index (κ3) is 4.61. The minimum atomic E-state index is -0.0772. The quantitative estimate of drug-likeness (QED) is 0.752. The lowest BCUT2D eigenvalue weighted by molar-refractivity contribution is -0.122. The molecular weight excluding hydrogens is 280 g/mol. The Hall–Kier alpha value is -2.31. The minimum Gasteiger partial charge on any atom is -0.352 e. The Morgan fingerprint density at radius 1 is 1.32 bits per heavy atom. The average molecular weight is 302 g/mol. The number of nitrogens with zero attached hydrogens (tertiary/aromatic N) is 5. The van der Waals surface area contributed by atoms with E-state index in [4.69, 9.17) is 0 Å². The molecular formula is C15H22N6O. The standard InChI is InChI=1S/C15H22N6O/c1-3-4-5-6-12(2)17-14(22)11-21-15(18-19-20-21)13-7-9-16-10-8-13/h7-10,12H,3-6,11H2,1-2H3,(H,17,22)/t12-/m0/s1. The van der Waals surface area contributed by atoms with Crippen molar-refractivity contribution in [1.82, 2.24) is 30.5 Å². The summed E-state index contributed by atoms with van der Waals surface area (Å²) in [6, 6.07) is 3.79. The Morgan fingerprint density at radius 2 is 2.09 bits per heavy atom. The molecule has 2 aromatic heterocycles. The predicted molar refractivity (Wildman–Crippen MR) is 82.8 cm³/mol. The molecule has 0 saturated carbocycles. The summed E-state index contributed by atoms with van der Waals surface area (Å²) in [5.74, 6) is 0.489. The van der Waals surface area contributed by atoms with E-state index in [-0.39, 0.29) is 18.5 Å². The molecule has 0 aliphatic heterocycles. The summed E-state index contributed by atoms with van der Waals surface area (Å²) in [6.07, 6.45) is 7.84. The van der Waals surface area contributed by atoms with Crippen LogP contribution in [0.25, 0.3) is 11.4 Å². The van der Waals surface area contributed by atoms with Crippen molar-refractivity contribution in [3.05, 3.63) is 24.5 Å². The monoisotopic (exact) mass is 302 g/mol. The molecule has 2 rings (SSSR count). The maximum Gasteiger partial charge on any atom is 0.242 e. The van der Waals surface area contributed by atoms with Gasteiger partial charge in [0.05, 0.1) is 0 Å². The van der Waals surface area contributed by atoms with Crippen molar-refractivity contribution in [2.75, 3.05) is 0 Å². The van der Waals surface area contributed by atoms with Gasteiger partial charge in [-0.25, -0.2) is 4.68 Å². The first kappa shape index (κ1) is 16.1. The molecule has 2 aromatic rings. The molecule has 0 unspecified atom stereocenters. The Kier molecular flexibility index (Phi) is 6.00. The van der Waals surface area contributed by atoms with Crippen LogP contribution in [0.4, 0.5) is 0 Å². The number of hydrogen-bond acceptors (Lipinski definition) is 5. The number of carbonyl (C=O) groups excluding carboxylic acids is 1. The van der Waals surface area contributed by atoms with Gasteiger partial charge in [-0.2, -0.15) is 0 Å². The zero-order valence-electron chi connectivity index (χ0n) is 13.1. The van der Waals surface area contributed by atoms with E-state index < -0.39 is 0 Å². The molecule has 1 atom stereocenters. The Morgan fingerprint density at radius 3 is 2.82 bits per heavy atom. The first-order chi connectivity index (χ1) is 10.7. The van der Waals surface area contributed by atoms with E-state index in [1.165, 1.54) is 17.5 Å². The van der Waals surface area contributed by atoms with Crippen LogP contribution in [0.5, 0.6) is 0 Å². The number of amides is 1. The lowest BCUT2D eigenvalue weighted by Crippen LogP contribution is -2.35. The van der Waals surface area contributed by atoms with E-state index in [2.05, 4.69) is 32.7 Å². The van der Waals surface area contributed by atoms with Crippen LogP contribution in [0.1, 0.15) is 39.5 Å². The van der Waals surface area contributed by atoms with Gasteiger partial charge in [0.2, 0.25) is 5.91 Å². The molecule has 1 amide bonds. The van der Waals surface area contributed by atoms with E-state index in [0.29, 0.717) is 5.82 Å². The molecule has 0 bridgehead atoms. The molecule has 0 spiro atoms. The highest BCUT2D eigenvalue weighted by Gasteiger charge is 2.13. The van der Waals surface area contributed by atoms with Crippen LogP contribution in [0, 0.1) is 0 Å². The van der Waals surface area contributed by atoms with Crippen molar-refractivity contribution in [3.63, 3.8) is 0 Å². The maximum absolute atomic E-state index is 12.1. The first-order valence-electron chi connectivity index (χ1n) is 7.66. The summed E-state index contributed by atoms with van der Waals surface area (Å²) < 4.78 is 1.50. The van der Waals surface area contributed by atoms with Gasteiger partial charge in [-0.05, 0) is 35.9 Å². The first-order valence-corrected chi connectivity index (χ1v) is 7.66. The van der Waals surface area contributed by atoms with Gasteiger partial charge in [-0.15, -0.1) is 5.10 Å².